The van der Waals surface area contributed by atoms with E-state index in [9.17, 15) is 0 Å². The van der Waals surface area contributed by atoms with Crippen LogP contribution in [0.15, 0.2) is 0 Å². The Balaban J connectivity index is 1.87. The molecule has 0 aromatic rings. The maximum absolute atomic E-state index is 5.16. The zero-order valence-corrected chi connectivity index (χ0v) is 16.1. The van der Waals surface area contributed by atoms with E-state index in [4.69, 9.17) is 9.88 Å². The van der Waals surface area contributed by atoms with E-state index in [0.717, 1.165) is 45.6 Å². The topological polar surface area (TPSA) is 61.9 Å². The van der Waals surface area contributed by atoms with Crippen LogP contribution in [0.3, 0.4) is 0 Å². The summed E-state index contributed by atoms with van der Waals surface area (Å²) >= 11 is 0. The van der Waals surface area contributed by atoms with Crippen molar-refractivity contribution in [3.05, 3.63) is 0 Å². The fourth-order valence-electron chi connectivity index (χ4n) is 3.48. The molecule has 0 amide bonds. The molecule has 3 fully saturated rings. The first-order valence-electron chi connectivity index (χ1n) is 10.4. The summed E-state index contributed by atoms with van der Waals surface area (Å²) in [5.41, 5.74) is 0. The molecule has 0 aromatic carbocycles. The lowest BCUT2D eigenvalue weighted by molar-refractivity contribution is -0.773. The lowest BCUT2D eigenvalue weighted by atomic mass is 10.1. The lowest BCUT2D eigenvalue weighted by Crippen LogP contribution is -2.30. The highest BCUT2D eigenvalue weighted by Crippen LogP contribution is 2.12. The highest BCUT2D eigenvalue weighted by molar-refractivity contribution is 4.60. The summed E-state index contributed by atoms with van der Waals surface area (Å²) in [6, 6.07) is 0. The van der Waals surface area contributed by atoms with E-state index < -0.39 is 0 Å². The van der Waals surface area contributed by atoms with E-state index in [0.29, 0.717) is 6.61 Å². The Morgan fingerprint density at radius 3 is 1.54 bits per heavy atom. The summed E-state index contributed by atoms with van der Waals surface area (Å²) in [5, 5.41) is 19.6. The fourth-order valence-corrected chi connectivity index (χ4v) is 3.48. The predicted molar refractivity (Wildman–Crippen MR) is 94.8 cm³/mol. The van der Waals surface area contributed by atoms with Gasteiger partial charge >= 0.3 is 0 Å². The minimum absolute atomic E-state index is 0.413. The highest BCUT2D eigenvalue weighted by atomic mass is 17.8. The first-order chi connectivity index (χ1) is 12.9. The van der Waals surface area contributed by atoms with Crippen molar-refractivity contribution >= 4 is 0 Å². The minimum atomic E-state index is 0.413. The Kier molecular flexibility index (Phi) is 13.3. The normalized spacial score (nSPS) is 30.5. The van der Waals surface area contributed by atoms with E-state index in [1.165, 1.54) is 64.2 Å². The fraction of sp³-hybridized carbons (Fsp3) is 1.00. The first kappa shape index (κ1) is 22.0. The van der Waals surface area contributed by atoms with Gasteiger partial charge in [0.05, 0.1) is 6.61 Å². The smallest absolute Gasteiger partial charge is 0.0981 e. The Morgan fingerprint density at radius 2 is 0.923 bits per heavy atom. The molecule has 0 saturated carbocycles. The van der Waals surface area contributed by atoms with Crippen molar-refractivity contribution in [3.8, 4) is 0 Å². The van der Waals surface area contributed by atoms with Crippen molar-refractivity contribution in [2.45, 2.75) is 77.0 Å². The van der Waals surface area contributed by atoms with Gasteiger partial charge in [-0.3, -0.25) is 0 Å². The maximum Gasteiger partial charge on any atom is 0.0981 e. The molecule has 2 bridgehead atoms. The van der Waals surface area contributed by atoms with Crippen LogP contribution in [0.1, 0.15) is 77.0 Å². The third kappa shape index (κ3) is 11.4. The molecule has 3 aliphatic heterocycles. The molecule has 3 heterocycles. The van der Waals surface area contributed by atoms with Gasteiger partial charge < -0.3 is 4.90 Å². The summed E-state index contributed by atoms with van der Waals surface area (Å²) < 4.78 is 0. The minimum Gasteiger partial charge on any atom is -0.301 e. The lowest BCUT2D eigenvalue weighted by Gasteiger charge is -2.22. The second-order valence-electron chi connectivity index (χ2n) is 7.18. The number of hydrogen-bond donors (Lipinski definition) is 0. The molecule has 0 aliphatic carbocycles. The van der Waals surface area contributed by atoms with E-state index in [1.807, 2.05) is 0 Å². The highest BCUT2D eigenvalue weighted by Gasteiger charge is 2.10. The molecule has 8 nitrogen and oxygen atoms in total. The van der Waals surface area contributed by atoms with Gasteiger partial charge in [-0.05, 0) is 58.9 Å². The molecule has 0 unspecified atom stereocenters. The Morgan fingerprint density at radius 1 is 0.423 bits per heavy atom. The van der Waals surface area contributed by atoms with Crippen molar-refractivity contribution in [1.82, 2.24) is 9.96 Å². The van der Waals surface area contributed by atoms with Gasteiger partial charge in [-0.2, -0.15) is 5.06 Å². The first-order valence-corrected chi connectivity index (χ1v) is 10.4. The Hall–Kier alpha value is -0.320. The van der Waals surface area contributed by atoms with Crippen LogP contribution in [-0.4, -0.2) is 49.3 Å². The molecule has 154 valence electrons. The van der Waals surface area contributed by atoms with Gasteiger partial charge in [0, 0.05) is 19.6 Å². The number of fused-ring (bicyclic) bond motifs is 21. The Bertz CT molecular complexity index is 247. The second kappa shape index (κ2) is 15.7. The standard InChI is InChI=1S/C18H36N2O6/c1-3-7-11-15-20-16-12-8-4-2-6-10-14-19(13-9-5-1)17-18-21-23-25-26-24-22-20/h1-18H2. The summed E-state index contributed by atoms with van der Waals surface area (Å²) in [4.78, 5) is 12.6. The predicted octanol–water partition coefficient (Wildman–Crippen LogP) is 3.89. The average molecular weight is 376 g/mol. The molecular formula is C18H36N2O6. The third-order valence-corrected chi connectivity index (χ3v) is 5.02. The number of rotatable bonds is 0. The average Bonchev–Trinajstić information content (AvgIpc) is 2.65. The van der Waals surface area contributed by atoms with E-state index in [-0.39, 0.29) is 0 Å². The zero-order valence-electron chi connectivity index (χ0n) is 16.1. The van der Waals surface area contributed by atoms with Crippen LogP contribution in [-0.2, 0) is 30.0 Å². The van der Waals surface area contributed by atoms with Crippen LogP contribution in [0.5, 0.6) is 0 Å². The molecule has 0 spiro atoms. The molecule has 0 radical (unpaired) electrons. The molecule has 0 N–H and O–H groups in total. The van der Waals surface area contributed by atoms with Crippen LogP contribution in [0.2, 0.25) is 0 Å². The van der Waals surface area contributed by atoms with Crippen molar-refractivity contribution in [2.24, 2.45) is 0 Å². The molecule has 3 rings (SSSR count). The van der Waals surface area contributed by atoms with Crippen LogP contribution in [0.4, 0.5) is 0 Å². The third-order valence-electron chi connectivity index (χ3n) is 5.02. The van der Waals surface area contributed by atoms with E-state index in [1.54, 1.807) is 5.06 Å². The summed E-state index contributed by atoms with van der Waals surface area (Å²) in [6.45, 7) is 5.09. The van der Waals surface area contributed by atoms with Gasteiger partial charge in [0.1, 0.15) is 0 Å². The summed E-state index contributed by atoms with van der Waals surface area (Å²) in [6.07, 6.45) is 14.7. The van der Waals surface area contributed by atoms with Crippen LogP contribution in [0.25, 0.3) is 0 Å². The molecule has 0 atom stereocenters. The van der Waals surface area contributed by atoms with Gasteiger partial charge in [0.2, 0.25) is 0 Å². The van der Waals surface area contributed by atoms with Gasteiger partial charge in [-0.1, -0.05) is 51.4 Å². The van der Waals surface area contributed by atoms with Crippen molar-refractivity contribution in [1.29, 1.82) is 0 Å². The number of nitrogens with zero attached hydrogens (tertiary/aromatic N) is 2. The molecular weight excluding hydrogens is 340 g/mol. The number of hydroxylamine groups is 2. The SMILES string of the molecule is C1CCCCN2CCCCCCCCN(CCC1)CCOOOOOO2. The van der Waals surface area contributed by atoms with Gasteiger partial charge in [-0.25, -0.2) is 4.89 Å². The largest absolute Gasteiger partial charge is 0.301 e. The van der Waals surface area contributed by atoms with Crippen molar-refractivity contribution in [3.63, 3.8) is 0 Å². The van der Waals surface area contributed by atoms with Crippen LogP contribution in [0, 0.1) is 0 Å². The summed E-state index contributed by atoms with van der Waals surface area (Å²) in [5.74, 6) is 0. The zero-order chi connectivity index (χ0) is 18.1. The summed E-state index contributed by atoms with van der Waals surface area (Å²) in [7, 11) is 0. The monoisotopic (exact) mass is 376 g/mol. The van der Waals surface area contributed by atoms with Crippen molar-refractivity contribution in [2.75, 3.05) is 39.3 Å². The van der Waals surface area contributed by atoms with E-state index >= 15 is 0 Å². The molecule has 0 aromatic heterocycles. The number of hydrogen-bond acceptors (Lipinski definition) is 8. The molecule has 26 heavy (non-hydrogen) atoms. The molecule has 3 saturated heterocycles. The Labute approximate surface area is 157 Å². The van der Waals surface area contributed by atoms with Gasteiger partial charge in [0.15, 0.2) is 0 Å². The molecule has 8 heteroatoms. The van der Waals surface area contributed by atoms with Crippen molar-refractivity contribution < 1.29 is 30.0 Å². The van der Waals surface area contributed by atoms with E-state index in [2.05, 4.69) is 25.1 Å². The maximum atomic E-state index is 5.16. The van der Waals surface area contributed by atoms with Gasteiger partial charge in [0.25, 0.3) is 0 Å². The van der Waals surface area contributed by atoms with Gasteiger partial charge in [-0.15, -0.1) is 4.99 Å². The van der Waals surface area contributed by atoms with Crippen LogP contribution < -0.4 is 0 Å². The molecule has 3 aliphatic rings. The van der Waals surface area contributed by atoms with Crippen LogP contribution >= 0.6 is 0 Å². The second-order valence-corrected chi connectivity index (χ2v) is 7.18. The quantitative estimate of drug-likeness (QED) is 0.590.